The molecule has 1 heterocycles. The standard InChI is InChI=1S/C12H15BrN2/c1-2-15-11-9(13)4-3-5-10(11)14-8-12(15)6-7-12/h3-5,14H,2,6-8H2,1H3. The minimum Gasteiger partial charge on any atom is -0.381 e. The van der Waals surface area contributed by atoms with Gasteiger partial charge in [-0.15, -0.1) is 0 Å². The lowest BCUT2D eigenvalue weighted by atomic mass is 10.1. The minimum absolute atomic E-state index is 0.422. The van der Waals surface area contributed by atoms with Gasteiger partial charge in [-0.3, -0.25) is 0 Å². The second kappa shape index (κ2) is 3.14. The third kappa shape index (κ3) is 1.29. The molecule has 15 heavy (non-hydrogen) atoms. The normalized spacial score (nSPS) is 21.1. The van der Waals surface area contributed by atoms with Crippen LogP contribution in [0.2, 0.25) is 0 Å². The molecule has 1 aromatic carbocycles. The molecule has 1 aliphatic heterocycles. The summed E-state index contributed by atoms with van der Waals surface area (Å²) in [5.41, 5.74) is 3.04. The van der Waals surface area contributed by atoms with E-state index in [0.717, 1.165) is 13.1 Å². The number of rotatable bonds is 1. The highest BCUT2D eigenvalue weighted by atomic mass is 79.9. The summed E-state index contributed by atoms with van der Waals surface area (Å²) in [5, 5.41) is 3.55. The van der Waals surface area contributed by atoms with Gasteiger partial charge in [0, 0.05) is 17.6 Å². The van der Waals surface area contributed by atoms with E-state index in [-0.39, 0.29) is 0 Å². The predicted molar refractivity (Wildman–Crippen MR) is 67.6 cm³/mol. The van der Waals surface area contributed by atoms with Crippen molar-refractivity contribution in [1.29, 1.82) is 0 Å². The van der Waals surface area contributed by atoms with Crippen LogP contribution in [0.25, 0.3) is 0 Å². The van der Waals surface area contributed by atoms with Crippen LogP contribution in [0.15, 0.2) is 22.7 Å². The van der Waals surface area contributed by atoms with Gasteiger partial charge in [0.15, 0.2) is 0 Å². The van der Waals surface area contributed by atoms with Crippen molar-refractivity contribution >= 4 is 27.3 Å². The number of anilines is 2. The fraction of sp³-hybridized carbons (Fsp3) is 0.500. The predicted octanol–water partition coefficient (Wildman–Crippen LogP) is 3.23. The molecule has 2 aliphatic rings. The quantitative estimate of drug-likeness (QED) is 0.840. The molecule has 0 saturated heterocycles. The van der Waals surface area contributed by atoms with Crippen LogP contribution in [-0.4, -0.2) is 18.6 Å². The van der Waals surface area contributed by atoms with Gasteiger partial charge in [0.25, 0.3) is 0 Å². The van der Waals surface area contributed by atoms with E-state index >= 15 is 0 Å². The molecule has 0 atom stereocenters. The lowest BCUT2D eigenvalue weighted by molar-refractivity contribution is 0.604. The second-order valence-electron chi connectivity index (χ2n) is 4.46. The molecular weight excluding hydrogens is 252 g/mol. The molecule has 0 unspecified atom stereocenters. The molecule has 2 nitrogen and oxygen atoms in total. The van der Waals surface area contributed by atoms with Crippen LogP contribution in [0, 0.1) is 0 Å². The smallest absolute Gasteiger partial charge is 0.0751 e. The molecule has 0 aromatic heterocycles. The van der Waals surface area contributed by atoms with E-state index in [2.05, 4.69) is 51.3 Å². The maximum Gasteiger partial charge on any atom is 0.0751 e. The van der Waals surface area contributed by atoms with Crippen LogP contribution in [0.1, 0.15) is 19.8 Å². The van der Waals surface area contributed by atoms with E-state index in [4.69, 9.17) is 0 Å². The van der Waals surface area contributed by atoms with Gasteiger partial charge in [0.1, 0.15) is 0 Å². The SMILES string of the molecule is CCN1c2c(Br)cccc2NCC12CC2. The molecule has 3 rings (SSSR count). The van der Waals surface area contributed by atoms with Crippen molar-refractivity contribution in [2.75, 3.05) is 23.3 Å². The van der Waals surface area contributed by atoms with E-state index in [1.54, 1.807) is 0 Å². The number of benzene rings is 1. The average Bonchev–Trinajstić information content (AvgIpc) is 3.00. The zero-order valence-corrected chi connectivity index (χ0v) is 10.5. The number of hydrogen-bond donors (Lipinski definition) is 1. The highest BCUT2D eigenvalue weighted by Crippen LogP contribution is 2.51. The van der Waals surface area contributed by atoms with Crippen molar-refractivity contribution in [2.24, 2.45) is 0 Å². The molecule has 0 bridgehead atoms. The fourth-order valence-corrected chi connectivity index (χ4v) is 3.19. The zero-order chi connectivity index (χ0) is 10.5. The van der Waals surface area contributed by atoms with Crippen LogP contribution < -0.4 is 10.2 Å². The van der Waals surface area contributed by atoms with Gasteiger partial charge in [-0.1, -0.05) is 6.07 Å². The van der Waals surface area contributed by atoms with Crippen molar-refractivity contribution in [2.45, 2.75) is 25.3 Å². The Morgan fingerprint density at radius 2 is 2.27 bits per heavy atom. The maximum atomic E-state index is 3.66. The Labute approximate surface area is 98.8 Å². The first-order chi connectivity index (χ1) is 7.27. The number of hydrogen-bond acceptors (Lipinski definition) is 2. The molecule has 80 valence electrons. The Morgan fingerprint density at radius 1 is 1.47 bits per heavy atom. The third-order valence-electron chi connectivity index (χ3n) is 3.58. The fourth-order valence-electron chi connectivity index (χ4n) is 2.61. The minimum atomic E-state index is 0.422. The lowest BCUT2D eigenvalue weighted by Crippen LogP contribution is -2.46. The molecule has 0 amide bonds. The molecule has 1 N–H and O–H groups in total. The van der Waals surface area contributed by atoms with Crippen molar-refractivity contribution in [3.63, 3.8) is 0 Å². The van der Waals surface area contributed by atoms with E-state index < -0.39 is 0 Å². The topological polar surface area (TPSA) is 15.3 Å². The van der Waals surface area contributed by atoms with Crippen LogP contribution >= 0.6 is 15.9 Å². The van der Waals surface area contributed by atoms with Crippen molar-refractivity contribution < 1.29 is 0 Å². The molecule has 0 radical (unpaired) electrons. The third-order valence-corrected chi connectivity index (χ3v) is 4.22. The van der Waals surface area contributed by atoms with Gasteiger partial charge in [-0.2, -0.15) is 0 Å². The van der Waals surface area contributed by atoms with Crippen LogP contribution in [-0.2, 0) is 0 Å². The Morgan fingerprint density at radius 3 is 2.93 bits per heavy atom. The Balaban J connectivity index is 2.12. The van der Waals surface area contributed by atoms with Crippen molar-refractivity contribution in [1.82, 2.24) is 0 Å². The van der Waals surface area contributed by atoms with Gasteiger partial charge in [0.05, 0.1) is 16.9 Å². The summed E-state index contributed by atoms with van der Waals surface area (Å²) in [4.78, 5) is 2.56. The number of para-hydroxylation sites is 1. The summed E-state index contributed by atoms with van der Waals surface area (Å²) in [5.74, 6) is 0. The average molecular weight is 267 g/mol. The van der Waals surface area contributed by atoms with Gasteiger partial charge in [-0.05, 0) is 47.8 Å². The van der Waals surface area contributed by atoms with Crippen molar-refractivity contribution in [3.05, 3.63) is 22.7 Å². The van der Waals surface area contributed by atoms with E-state index in [9.17, 15) is 0 Å². The summed E-state index contributed by atoms with van der Waals surface area (Å²) in [6, 6.07) is 6.39. The number of halogens is 1. The van der Waals surface area contributed by atoms with Gasteiger partial charge in [0.2, 0.25) is 0 Å². The summed E-state index contributed by atoms with van der Waals surface area (Å²) >= 11 is 3.66. The highest BCUT2D eigenvalue weighted by molar-refractivity contribution is 9.10. The number of nitrogens with zero attached hydrogens (tertiary/aromatic N) is 1. The lowest BCUT2D eigenvalue weighted by Gasteiger charge is -2.40. The van der Waals surface area contributed by atoms with E-state index in [1.165, 1.54) is 28.7 Å². The number of nitrogens with one attached hydrogen (secondary N) is 1. The monoisotopic (exact) mass is 266 g/mol. The van der Waals surface area contributed by atoms with E-state index in [1.807, 2.05) is 0 Å². The van der Waals surface area contributed by atoms with Crippen LogP contribution in [0.4, 0.5) is 11.4 Å². The summed E-state index contributed by atoms with van der Waals surface area (Å²) in [6.45, 7) is 4.44. The zero-order valence-electron chi connectivity index (χ0n) is 8.89. The highest BCUT2D eigenvalue weighted by Gasteiger charge is 2.50. The molecule has 1 fully saturated rings. The largest absolute Gasteiger partial charge is 0.381 e. The number of fused-ring (bicyclic) bond motifs is 1. The first-order valence-electron chi connectivity index (χ1n) is 5.57. The first-order valence-corrected chi connectivity index (χ1v) is 6.36. The Bertz CT molecular complexity index is 399. The molecule has 1 saturated carbocycles. The van der Waals surface area contributed by atoms with Crippen LogP contribution in [0.5, 0.6) is 0 Å². The van der Waals surface area contributed by atoms with Gasteiger partial charge >= 0.3 is 0 Å². The molecule has 3 heteroatoms. The molecule has 1 aliphatic carbocycles. The maximum absolute atomic E-state index is 3.66. The molecule has 1 spiro atoms. The second-order valence-corrected chi connectivity index (χ2v) is 5.31. The first kappa shape index (κ1) is 9.52. The summed E-state index contributed by atoms with van der Waals surface area (Å²) < 4.78 is 1.21. The van der Waals surface area contributed by atoms with Gasteiger partial charge in [-0.25, -0.2) is 0 Å². The van der Waals surface area contributed by atoms with E-state index in [0.29, 0.717) is 5.54 Å². The Hall–Kier alpha value is -0.700. The summed E-state index contributed by atoms with van der Waals surface area (Å²) in [7, 11) is 0. The molecule has 1 aromatic rings. The summed E-state index contributed by atoms with van der Waals surface area (Å²) in [6.07, 6.45) is 2.66. The van der Waals surface area contributed by atoms with Crippen LogP contribution in [0.3, 0.4) is 0 Å². The molecular formula is C12H15BrN2. The number of likely N-dealkylation sites (N-methyl/N-ethyl adjacent to an activating group) is 1. The van der Waals surface area contributed by atoms with Gasteiger partial charge < -0.3 is 10.2 Å². The Kier molecular flexibility index (Phi) is 2.00. The van der Waals surface area contributed by atoms with Crippen molar-refractivity contribution in [3.8, 4) is 0 Å².